The molecule has 2 rings (SSSR count). The number of nitrogens with zero attached hydrogens (tertiary/aromatic N) is 4. The van der Waals surface area contributed by atoms with Gasteiger partial charge in [0.15, 0.2) is 0 Å². The van der Waals surface area contributed by atoms with Gasteiger partial charge in [0.25, 0.3) is 0 Å². The minimum atomic E-state index is 0.534. The molecule has 0 bridgehead atoms. The van der Waals surface area contributed by atoms with Gasteiger partial charge in [0.2, 0.25) is 0 Å². The molecule has 0 saturated carbocycles. The third-order valence-electron chi connectivity index (χ3n) is 3.85. The average molecular weight is 277 g/mol. The van der Waals surface area contributed by atoms with Crippen molar-refractivity contribution in [2.45, 2.75) is 39.7 Å². The molecule has 1 saturated heterocycles. The highest BCUT2D eigenvalue weighted by molar-refractivity contribution is 5.50. The first-order valence-corrected chi connectivity index (χ1v) is 7.68. The maximum atomic E-state index is 4.66. The molecule has 1 fully saturated rings. The summed E-state index contributed by atoms with van der Waals surface area (Å²) in [7, 11) is 2.21. The summed E-state index contributed by atoms with van der Waals surface area (Å²) >= 11 is 0. The van der Waals surface area contributed by atoms with Crippen LogP contribution in [0.2, 0.25) is 0 Å². The summed E-state index contributed by atoms with van der Waals surface area (Å²) in [6.07, 6.45) is 2.33. The highest BCUT2D eigenvalue weighted by atomic mass is 15.3. The van der Waals surface area contributed by atoms with E-state index in [-0.39, 0.29) is 0 Å². The Hall–Kier alpha value is -1.36. The van der Waals surface area contributed by atoms with E-state index < -0.39 is 0 Å². The van der Waals surface area contributed by atoms with Crippen LogP contribution in [0.5, 0.6) is 0 Å². The van der Waals surface area contributed by atoms with E-state index in [2.05, 4.69) is 52.0 Å². The molecule has 1 aromatic rings. The fraction of sp³-hybridized carbons (Fsp3) is 0.733. The van der Waals surface area contributed by atoms with Crippen molar-refractivity contribution in [3.63, 3.8) is 0 Å². The van der Waals surface area contributed by atoms with E-state index in [1.165, 1.54) is 6.42 Å². The van der Waals surface area contributed by atoms with Crippen LogP contribution in [0.1, 0.15) is 32.5 Å². The van der Waals surface area contributed by atoms with E-state index in [0.29, 0.717) is 6.04 Å². The second-order valence-corrected chi connectivity index (χ2v) is 5.56. The van der Waals surface area contributed by atoms with Crippen molar-refractivity contribution >= 4 is 11.6 Å². The fourth-order valence-electron chi connectivity index (χ4n) is 2.87. The molecule has 1 aromatic heterocycles. The van der Waals surface area contributed by atoms with Gasteiger partial charge in [0.05, 0.1) is 0 Å². The zero-order valence-electron chi connectivity index (χ0n) is 13.2. The predicted molar refractivity (Wildman–Crippen MR) is 84.5 cm³/mol. The van der Waals surface area contributed by atoms with Gasteiger partial charge in [-0.3, -0.25) is 0 Å². The predicted octanol–water partition coefficient (Wildman–Crippen LogP) is 2.14. The smallest absolute Gasteiger partial charge is 0.134 e. The van der Waals surface area contributed by atoms with Crippen molar-refractivity contribution in [1.29, 1.82) is 0 Å². The van der Waals surface area contributed by atoms with Crippen molar-refractivity contribution in [3.05, 3.63) is 11.9 Å². The summed E-state index contributed by atoms with van der Waals surface area (Å²) in [5, 5.41) is 3.30. The molecule has 5 heteroatoms. The minimum Gasteiger partial charge on any atom is -0.370 e. The summed E-state index contributed by atoms with van der Waals surface area (Å²) in [5.74, 6) is 2.84. The molecule has 5 nitrogen and oxygen atoms in total. The van der Waals surface area contributed by atoms with E-state index in [9.17, 15) is 0 Å². The number of hydrogen-bond acceptors (Lipinski definition) is 5. The van der Waals surface area contributed by atoms with E-state index in [1.807, 2.05) is 6.92 Å². The molecule has 112 valence electrons. The summed E-state index contributed by atoms with van der Waals surface area (Å²) in [4.78, 5) is 14.0. The van der Waals surface area contributed by atoms with Gasteiger partial charge >= 0.3 is 0 Å². The largest absolute Gasteiger partial charge is 0.370 e. The minimum absolute atomic E-state index is 0.534. The first-order chi connectivity index (χ1) is 9.63. The van der Waals surface area contributed by atoms with Crippen LogP contribution in [-0.2, 0) is 0 Å². The molecule has 1 N–H and O–H groups in total. The van der Waals surface area contributed by atoms with Crippen molar-refractivity contribution < 1.29 is 0 Å². The van der Waals surface area contributed by atoms with Gasteiger partial charge in [-0.25, -0.2) is 9.97 Å². The molecule has 0 spiro atoms. The van der Waals surface area contributed by atoms with Crippen LogP contribution in [0.4, 0.5) is 11.6 Å². The number of likely N-dealkylation sites (N-methyl/N-ethyl adjacent to an activating group) is 1. The molecule has 2 heterocycles. The number of aromatic nitrogens is 2. The molecule has 0 radical (unpaired) electrons. The van der Waals surface area contributed by atoms with Crippen LogP contribution in [0.15, 0.2) is 6.07 Å². The monoisotopic (exact) mass is 277 g/mol. The Morgan fingerprint density at radius 3 is 2.80 bits per heavy atom. The Kier molecular flexibility index (Phi) is 5.17. The normalized spacial score (nSPS) is 20.8. The molecular weight excluding hydrogens is 250 g/mol. The van der Waals surface area contributed by atoms with Gasteiger partial charge in [-0.1, -0.05) is 6.92 Å². The molecule has 0 aromatic carbocycles. The van der Waals surface area contributed by atoms with Crippen LogP contribution >= 0.6 is 0 Å². The molecular formula is C15H27N5. The number of hydrogen-bond donors (Lipinski definition) is 1. The third-order valence-corrected chi connectivity index (χ3v) is 3.85. The van der Waals surface area contributed by atoms with Crippen molar-refractivity contribution in [1.82, 2.24) is 14.9 Å². The zero-order chi connectivity index (χ0) is 14.5. The lowest BCUT2D eigenvalue weighted by Crippen LogP contribution is -2.40. The van der Waals surface area contributed by atoms with Crippen molar-refractivity contribution in [2.24, 2.45) is 0 Å². The lowest BCUT2D eigenvalue weighted by atomic mass is 10.2. The second kappa shape index (κ2) is 6.88. The Labute approximate surface area is 122 Å². The summed E-state index contributed by atoms with van der Waals surface area (Å²) in [6, 6.07) is 2.62. The number of rotatable bonds is 4. The van der Waals surface area contributed by atoms with Crippen LogP contribution in [0.3, 0.4) is 0 Å². The van der Waals surface area contributed by atoms with E-state index in [1.54, 1.807) is 0 Å². The molecule has 0 aliphatic carbocycles. The van der Waals surface area contributed by atoms with Crippen LogP contribution in [0.25, 0.3) is 0 Å². The number of anilines is 2. The summed E-state index contributed by atoms with van der Waals surface area (Å²) < 4.78 is 0. The number of nitrogens with one attached hydrogen (secondary N) is 1. The van der Waals surface area contributed by atoms with Crippen LogP contribution < -0.4 is 10.2 Å². The van der Waals surface area contributed by atoms with Gasteiger partial charge in [0, 0.05) is 31.7 Å². The van der Waals surface area contributed by atoms with E-state index in [0.717, 1.165) is 50.1 Å². The third kappa shape index (κ3) is 3.60. The summed E-state index contributed by atoms with van der Waals surface area (Å²) in [6.45, 7) is 10.5. The maximum absolute atomic E-state index is 4.66. The van der Waals surface area contributed by atoms with Gasteiger partial charge in [0.1, 0.15) is 17.5 Å². The lowest BCUT2D eigenvalue weighted by Gasteiger charge is -2.31. The Morgan fingerprint density at radius 2 is 2.10 bits per heavy atom. The van der Waals surface area contributed by atoms with E-state index >= 15 is 0 Å². The zero-order valence-corrected chi connectivity index (χ0v) is 13.2. The average Bonchev–Trinajstić information content (AvgIpc) is 2.59. The molecule has 0 amide bonds. The van der Waals surface area contributed by atoms with Crippen molar-refractivity contribution in [2.75, 3.05) is 43.4 Å². The fourth-order valence-corrected chi connectivity index (χ4v) is 2.87. The topological polar surface area (TPSA) is 44.3 Å². The highest BCUT2D eigenvalue weighted by Gasteiger charge is 2.23. The Balaban J connectivity index is 2.27. The molecule has 1 aliphatic rings. The van der Waals surface area contributed by atoms with Gasteiger partial charge < -0.3 is 15.1 Å². The quantitative estimate of drug-likeness (QED) is 0.913. The first kappa shape index (κ1) is 15.0. The molecule has 1 aliphatic heterocycles. The highest BCUT2D eigenvalue weighted by Crippen LogP contribution is 2.22. The van der Waals surface area contributed by atoms with Gasteiger partial charge in [-0.2, -0.15) is 0 Å². The Morgan fingerprint density at radius 1 is 1.30 bits per heavy atom. The summed E-state index contributed by atoms with van der Waals surface area (Å²) in [5.41, 5.74) is 0. The molecule has 1 atom stereocenters. The van der Waals surface area contributed by atoms with Gasteiger partial charge in [-0.05, 0) is 40.3 Å². The van der Waals surface area contributed by atoms with Gasteiger partial charge in [-0.15, -0.1) is 0 Å². The van der Waals surface area contributed by atoms with Crippen molar-refractivity contribution in [3.8, 4) is 0 Å². The molecule has 1 unspecified atom stereocenters. The number of aryl methyl sites for hydroxylation is 1. The van der Waals surface area contributed by atoms with Crippen LogP contribution in [0, 0.1) is 6.92 Å². The second-order valence-electron chi connectivity index (χ2n) is 5.56. The standard InChI is InChI=1S/C15H27N5/c1-5-13-11-19(4)8-7-9-20(13)15-10-14(16-6-2)17-12(3)18-15/h10,13H,5-9,11H2,1-4H3,(H,16,17,18). The Bertz CT molecular complexity index is 434. The lowest BCUT2D eigenvalue weighted by molar-refractivity contribution is 0.327. The van der Waals surface area contributed by atoms with Crippen LogP contribution in [-0.4, -0.2) is 54.1 Å². The SMILES string of the molecule is CCNc1cc(N2CCCN(C)CC2CC)nc(C)n1. The van der Waals surface area contributed by atoms with E-state index in [4.69, 9.17) is 0 Å². The first-order valence-electron chi connectivity index (χ1n) is 7.68. The molecule has 20 heavy (non-hydrogen) atoms. The maximum Gasteiger partial charge on any atom is 0.134 e.